The molecular formula is C11H8BrClF2N3O5P. The summed E-state index contributed by atoms with van der Waals surface area (Å²) in [6, 6.07) is 2.56. The Bertz CT molecular complexity index is 843. The van der Waals surface area contributed by atoms with Crippen molar-refractivity contribution in [1.29, 1.82) is 0 Å². The van der Waals surface area contributed by atoms with Crippen molar-refractivity contribution >= 4 is 46.9 Å². The summed E-state index contributed by atoms with van der Waals surface area (Å²) < 4.78 is 42.1. The van der Waals surface area contributed by atoms with Crippen LogP contribution in [0.2, 0.25) is 5.15 Å². The van der Waals surface area contributed by atoms with E-state index in [1.165, 1.54) is 0 Å². The highest BCUT2D eigenvalue weighted by molar-refractivity contribution is 9.10. The maximum absolute atomic E-state index is 13.5. The summed E-state index contributed by atoms with van der Waals surface area (Å²) in [6.45, 7) is -0.722. The topological polar surface area (TPSA) is 114 Å². The molecule has 2 rings (SSSR count). The third kappa shape index (κ3) is 4.59. The van der Waals surface area contributed by atoms with Crippen LogP contribution in [0.25, 0.3) is 0 Å². The van der Waals surface area contributed by atoms with Crippen LogP contribution in [0.4, 0.5) is 14.5 Å². The van der Waals surface area contributed by atoms with Gasteiger partial charge in [0.15, 0.2) is 12.4 Å². The van der Waals surface area contributed by atoms with Crippen molar-refractivity contribution in [1.82, 2.24) is 9.78 Å². The molecule has 0 radical (unpaired) electrons. The standard InChI is InChI=1S/C11H8BrClF2N3O5P/c12-8-9(17-18(10(8)13)4-23-24(20,21)22)11(19)16-7-2-1-5(14)3-6(7)15/h1-3H,4H2,(H,16,19)(H2,20,21,22). The predicted molar refractivity (Wildman–Crippen MR) is 82.4 cm³/mol. The van der Waals surface area contributed by atoms with E-state index >= 15 is 0 Å². The SMILES string of the molecule is O=C(Nc1ccc(F)cc1F)c1nn(COP(=O)(O)O)c(Cl)c1Br. The molecule has 0 fully saturated rings. The van der Waals surface area contributed by atoms with E-state index in [1.54, 1.807) is 0 Å². The van der Waals surface area contributed by atoms with Crippen LogP contribution in [-0.4, -0.2) is 25.5 Å². The summed E-state index contributed by atoms with van der Waals surface area (Å²) in [5.41, 5.74) is -0.580. The van der Waals surface area contributed by atoms with Crippen LogP contribution in [0.3, 0.4) is 0 Å². The molecule has 13 heteroatoms. The summed E-state index contributed by atoms with van der Waals surface area (Å²) in [6.07, 6.45) is 0. The summed E-state index contributed by atoms with van der Waals surface area (Å²) >= 11 is 8.84. The number of anilines is 1. The number of halogens is 4. The predicted octanol–water partition coefficient (Wildman–Crippen LogP) is 2.90. The zero-order valence-electron chi connectivity index (χ0n) is 11.4. The Morgan fingerprint density at radius 1 is 1.46 bits per heavy atom. The molecule has 8 nitrogen and oxygen atoms in total. The third-order valence-corrected chi connectivity index (χ3v) is 4.39. The molecule has 1 aromatic carbocycles. The molecule has 0 aliphatic rings. The van der Waals surface area contributed by atoms with Crippen molar-refractivity contribution < 1.29 is 32.5 Å². The van der Waals surface area contributed by atoms with Gasteiger partial charge in [0.25, 0.3) is 5.91 Å². The van der Waals surface area contributed by atoms with Crippen LogP contribution >= 0.6 is 35.4 Å². The van der Waals surface area contributed by atoms with Crippen molar-refractivity contribution in [3.8, 4) is 0 Å². The van der Waals surface area contributed by atoms with E-state index in [2.05, 4.69) is 30.9 Å². The minimum absolute atomic E-state index is 0.00139. The maximum Gasteiger partial charge on any atom is 0.471 e. The van der Waals surface area contributed by atoms with Crippen LogP contribution < -0.4 is 5.32 Å². The number of phosphoric acid groups is 1. The second kappa shape index (κ2) is 7.26. The van der Waals surface area contributed by atoms with Crippen molar-refractivity contribution in [2.45, 2.75) is 6.73 Å². The number of amides is 1. The van der Waals surface area contributed by atoms with E-state index in [0.717, 1.165) is 16.8 Å². The van der Waals surface area contributed by atoms with Gasteiger partial charge in [0, 0.05) is 6.07 Å². The van der Waals surface area contributed by atoms with Gasteiger partial charge in [-0.3, -0.25) is 9.32 Å². The molecule has 0 saturated heterocycles. The lowest BCUT2D eigenvalue weighted by molar-refractivity contribution is 0.101. The van der Waals surface area contributed by atoms with Crippen LogP contribution in [0.15, 0.2) is 22.7 Å². The van der Waals surface area contributed by atoms with Crippen molar-refractivity contribution in [3.05, 3.63) is 45.2 Å². The molecular weight excluding hydrogens is 438 g/mol. The molecule has 24 heavy (non-hydrogen) atoms. The molecule has 0 saturated carbocycles. The Balaban J connectivity index is 2.22. The number of nitrogens with zero attached hydrogens (tertiary/aromatic N) is 2. The van der Waals surface area contributed by atoms with E-state index in [-0.39, 0.29) is 21.0 Å². The lowest BCUT2D eigenvalue weighted by atomic mass is 10.3. The summed E-state index contributed by atoms with van der Waals surface area (Å²) in [4.78, 5) is 29.4. The van der Waals surface area contributed by atoms with Gasteiger partial charge in [0.2, 0.25) is 0 Å². The summed E-state index contributed by atoms with van der Waals surface area (Å²) in [5, 5.41) is 5.71. The Labute approximate surface area is 146 Å². The van der Waals surface area contributed by atoms with Gasteiger partial charge in [0.1, 0.15) is 16.8 Å². The van der Waals surface area contributed by atoms with Gasteiger partial charge in [-0.15, -0.1) is 0 Å². The average molecular weight is 447 g/mol. The van der Waals surface area contributed by atoms with E-state index < -0.39 is 32.1 Å². The highest BCUT2D eigenvalue weighted by Crippen LogP contribution is 2.37. The monoisotopic (exact) mass is 445 g/mol. The molecule has 0 aliphatic heterocycles. The summed E-state index contributed by atoms with van der Waals surface area (Å²) in [7, 11) is -4.77. The number of phosphoric ester groups is 1. The fraction of sp³-hybridized carbons (Fsp3) is 0.0909. The van der Waals surface area contributed by atoms with E-state index in [0.29, 0.717) is 6.07 Å². The van der Waals surface area contributed by atoms with Gasteiger partial charge in [-0.1, -0.05) is 11.6 Å². The smallest absolute Gasteiger partial charge is 0.318 e. The molecule has 3 N–H and O–H groups in total. The highest BCUT2D eigenvalue weighted by atomic mass is 79.9. The van der Waals surface area contributed by atoms with Crippen molar-refractivity contribution in [3.63, 3.8) is 0 Å². The Hall–Kier alpha value is -1.36. The first-order chi connectivity index (χ1) is 11.1. The molecule has 1 amide bonds. The van der Waals surface area contributed by atoms with Crippen LogP contribution in [-0.2, 0) is 15.8 Å². The molecule has 130 valence electrons. The van der Waals surface area contributed by atoms with Crippen molar-refractivity contribution in [2.24, 2.45) is 0 Å². The first-order valence-electron chi connectivity index (χ1n) is 5.97. The fourth-order valence-electron chi connectivity index (χ4n) is 1.55. The highest BCUT2D eigenvalue weighted by Gasteiger charge is 2.23. The molecule has 2 aromatic rings. The van der Waals surface area contributed by atoms with Gasteiger partial charge in [-0.25, -0.2) is 18.0 Å². The van der Waals surface area contributed by atoms with Crippen LogP contribution in [0.1, 0.15) is 10.5 Å². The number of benzene rings is 1. The number of carbonyl (C=O) groups excluding carboxylic acids is 1. The number of aromatic nitrogens is 2. The molecule has 1 aromatic heterocycles. The Kier molecular flexibility index (Phi) is 5.74. The van der Waals surface area contributed by atoms with Gasteiger partial charge < -0.3 is 15.1 Å². The number of hydrogen-bond donors (Lipinski definition) is 3. The molecule has 0 unspecified atom stereocenters. The minimum Gasteiger partial charge on any atom is -0.318 e. The largest absolute Gasteiger partial charge is 0.471 e. The Morgan fingerprint density at radius 3 is 2.71 bits per heavy atom. The van der Waals surface area contributed by atoms with E-state index in [4.69, 9.17) is 21.4 Å². The lowest BCUT2D eigenvalue weighted by Gasteiger charge is -2.06. The van der Waals surface area contributed by atoms with Crippen molar-refractivity contribution in [2.75, 3.05) is 5.32 Å². The van der Waals surface area contributed by atoms with Gasteiger partial charge in [-0.2, -0.15) is 5.10 Å². The molecule has 0 spiro atoms. The third-order valence-electron chi connectivity index (χ3n) is 2.58. The van der Waals surface area contributed by atoms with Gasteiger partial charge in [0.05, 0.1) is 10.2 Å². The van der Waals surface area contributed by atoms with Crippen LogP contribution in [0, 0.1) is 11.6 Å². The first kappa shape index (κ1) is 19.0. The first-order valence-corrected chi connectivity index (χ1v) is 8.67. The maximum atomic E-state index is 13.5. The quantitative estimate of drug-likeness (QED) is 0.609. The molecule has 0 bridgehead atoms. The average Bonchev–Trinajstić information content (AvgIpc) is 2.75. The number of hydrogen-bond acceptors (Lipinski definition) is 4. The zero-order valence-corrected chi connectivity index (χ0v) is 14.6. The minimum atomic E-state index is -4.77. The number of nitrogens with one attached hydrogen (secondary N) is 1. The Morgan fingerprint density at radius 2 is 2.12 bits per heavy atom. The number of rotatable bonds is 5. The van der Waals surface area contributed by atoms with Gasteiger partial charge in [-0.05, 0) is 28.1 Å². The fourth-order valence-corrected chi connectivity index (χ4v) is 2.45. The van der Waals surface area contributed by atoms with E-state index in [9.17, 15) is 18.1 Å². The molecule has 1 heterocycles. The molecule has 0 aliphatic carbocycles. The summed E-state index contributed by atoms with van der Waals surface area (Å²) in [5.74, 6) is -2.69. The van der Waals surface area contributed by atoms with Crippen LogP contribution in [0.5, 0.6) is 0 Å². The second-order valence-electron chi connectivity index (χ2n) is 4.28. The second-order valence-corrected chi connectivity index (χ2v) is 6.67. The van der Waals surface area contributed by atoms with Gasteiger partial charge >= 0.3 is 7.82 Å². The molecule has 0 atom stereocenters. The lowest BCUT2D eigenvalue weighted by Crippen LogP contribution is -2.15. The number of carbonyl (C=O) groups is 1. The normalized spacial score (nSPS) is 11.6. The zero-order chi connectivity index (χ0) is 18.1. The van der Waals surface area contributed by atoms with E-state index in [1.807, 2.05) is 0 Å².